The number of benzene rings is 1. The van der Waals surface area contributed by atoms with Crippen LogP contribution in [-0.2, 0) is 25.8 Å². The molecule has 11 heteroatoms. The summed E-state index contributed by atoms with van der Waals surface area (Å²) >= 11 is 2.62. The lowest BCUT2D eigenvalue weighted by atomic mass is 10.3. The van der Waals surface area contributed by atoms with Crippen LogP contribution in [0.4, 0.5) is 10.8 Å². The lowest BCUT2D eigenvalue weighted by Gasteiger charge is -2.17. The van der Waals surface area contributed by atoms with E-state index in [1.165, 1.54) is 35.2 Å². The molecule has 0 spiro atoms. The molecule has 1 aliphatic rings. The van der Waals surface area contributed by atoms with Gasteiger partial charge in [0.25, 0.3) is 0 Å². The van der Waals surface area contributed by atoms with E-state index in [0.29, 0.717) is 16.6 Å². The van der Waals surface area contributed by atoms with Gasteiger partial charge < -0.3 is 10.6 Å². The van der Waals surface area contributed by atoms with E-state index in [-0.39, 0.29) is 23.0 Å². The summed E-state index contributed by atoms with van der Waals surface area (Å²) in [5, 5.41) is 14.1. The number of anilines is 2. The van der Waals surface area contributed by atoms with E-state index in [1.807, 2.05) is 6.92 Å². The highest BCUT2D eigenvalue weighted by atomic mass is 32.2. The summed E-state index contributed by atoms with van der Waals surface area (Å²) < 4.78 is 25.0. The number of nitrogens with zero attached hydrogens (tertiary/aromatic N) is 2. The molecule has 3 rings (SSSR count). The molecule has 0 atom stereocenters. The predicted octanol–water partition coefficient (Wildman–Crippen LogP) is 1.95. The Hall–Kier alpha value is -1.98. The molecule has 138 valence electrons. The molecule has 1 aromatic heterocycles. The van der Waals surface area contributed by atoms with Crippen LogP contribution in [0.1, 0.15) is 18.4 Å². The molecule has 1 aliphatic heterocycles. The summed E-state index contributed by atoms with van der Waals surface area (Å²) in [6.45, 7) is 1.93. The summed E-state index contributed by atoms with van der Waals surface area (Å²) in [4.78, 5) is 24.3. The van der Waals surface area contributed by atoms with Crippen molar-refractivity contribution in [3.63, 3.8) is 0 Å². The Morgan fingerprint density at radius 1 is 1.35 bits per heavy atom. The fraction of sp³-hybridized carbons (Fsp3) is 0.333. The van der Waals surface area contributed by atoms with Gasteiger partial charge in [0, 0.05) is 11.3 Å². The van der Waals surface area contributed by atoms with Gasteiger partial charge in [0.1, 0.15) is 5.01 Å². The molecule has 1 aromatic carbocycles. The number of hydrogen-bond donors (Lipinski definition) is 2. The topological polar surface area (TPSA) is 118 Å². The molecule has 26 heavy (non-hydrogen) atoms. The number of thioether (sulfide) groups is 1. The van der Waals surface area contributed by atoms with Crippen molar-refractivity contribution in [2.75, 3.05) is 22.1 Å². The maximum Gasteiger partial charge on any atom is 0.234 e. The standard InChI is InChI=1S/C15H16N4O4S3/c1-2-14-18-19-15(25-14)17-12(20)5-6-26(22,23)9-3-4-11-10(7-9)16-13(21)8-24-11/h3-4,7H,2,5-6,8H2,1H3,(H,16,21)(H,17,19,20). The van der Waals surface area contributed by atoms with E-state index in [4.69, 9.17) is 0 Å². The Balaban J connectivity index is 1.64. The first kappa shape index (κ1) is 18.8. The molecule has 2 N–H and O–H groups in total. The van der Waals surface area contributed by atoms with Crippen molar-refractivity contribution < 1.29 is 18.0 Å². The zero-order valence-corrected chi connectivity index (χ0v) is 16.3. The highest BCUT2D eigenvalue weighted by Crippen LogP contribution is 2.33. The summed E-state index contributed by atoms with van der Waals surface area (Å²) in [5.41, 5.74) is 0.484. The van der Waals surface area contributed by atoms with Crippen LogP contribution in [0.25, 0.3) is 0 Å². The van der Waals surface area contributed by atoms with Crippen LogP contribution in [0, 0.1) is 0 Å². The third-order valence-electron chi connectivity index (χ3n) is 3.56. The van der Waals surface area contributed by atoms with Crippen LogP contribution in [0.15, 0.2) is 28.0 Å². The van der Waals surface area contributed by atoms with Crippen molar-refractivity contribution in [2.24, 2.45) is 0 Å². The van der Waals surface area contributed by atoms with E-state index >= 15 is 0 Å². The van der Waals surface area contributed by atoms with Crippen molar-refractivity contribution in [1.82, 2.24) is 10.2 Å². The maximum atomic E-state index is 12.5. The lowest BCUT2D eigenvalue weighted by Crippen LogP contribution is -2.20. The molecule has 2 heterocycles. The number of carbonyl (C=O) groups excluding carboxylic acids is 2. The molecule has 0 saturated carbocycles. The average molecular weight is 413 g/mol. The van der Waals surface area contributed by atoms with Crippen LogP contribution in [0.2, 0.25) is 0 Å². The number of aryl methyl sites for hydroxylation is 1. The maximum absolute atomic E-state index is 12.5. The normalized spacial score (nSPS) is 13.8. The van der Waals surface area contributed by atoms with E-state index < -0.39 is 15.7 Å². The lowest BCUT2D eigenvalue weighted by molar-refractivity contribution is -0.116. The summed E-state index contributed by atoms with van der Waals surface area (Å²) in [6, 6.07) is 4.60. The van der Waals surface area contributed by atoms with E-state index in [9.17, 15) is 18.0 Å². The second-order valence-corrected chi connectivity index (χ2v) is 9.65. The number of aromatic nitrogens is 2. The van der Waals surface area contributed by atoms with Gasteiger partial charge in [-0.1, -0.05) is 18.3 Å². The minimum absolute atomic E-state index is 0.0797. The summed E-state index contributed by atoms with van der Waals surface area (Å²) in [6.07, 6.45) is 0.524. The predicted molar refractivity (Wildman–Crippen MR) is 100 cm³/mol. The quantitative estimate of drug-likeness (QED) is 0.744. The number of carbonyl (C=O) groups is 2. The smallest absolute Gasteiger partial charge is 0.234 e. The monoisotopic (exact) mass is 412 g/mol. The van der Waals surface area contributed by atoms with Crippen LogP contribution in [0.5, 0.6) is 0 Å². The second-order valence-electron chi connectivity index (χ2n) is 5.47. The Kier molecular flexibility index (Phi) is 5.58. The van der Waals surface area contributed by atoms with Gasteiger partial charge in [0.2, 0.25) is 16.9 Å². The molecule has 0 saturated heterocycles. The summed E-state index contributed by atoms with van der Waals surface area (Å²) in [7, 11) is -3.65. The second kappa shape index (κ2) is 7.72. The van der Waals surface area contributed by atoms with Crippen molar-refractivity contribution in [2.45, 2.75) is 29.6 Å². The van der Waals surface area contributed by atoms with Gasteiger partial charge in [-0.15, -0.1) is 22.0 Å². The molecule has 2 amide bonds. The van der Waals surface area contributed by atoms with Crippen molar-refractivity contribution in [3.05, 3.63) is 23.2 Å². The van der Waals surface area contributed by atoms with Crippen molar-refractivity contribution in [3.8, 4) is 0 Å². The van der Waals surface area contributed by atoms with Crippen LogP contribution < -0.4 is 10.6 Å². The highest BCUT2D eigenvalue weighted by molar-refractivity contribution is 8.00. The first-order valence-corrected chi connectivity index (χ1v) is 11.2. The van der Waals surface area contributed by atoms with Crippen LogP contribution in [-0.4, -0.2) is 41.9 Å². The van der Waals surface area contributed by atoms with Crippen LogP contribution in [0.3, 0.4) is 0 Å². The van der Waals surface area contributed by atoms with E-state index in [0.717, 1.165) is 16.3 Å². The molecule has 8 nitrogen and oxygen atoms in total. The molecule has 0 fully saturated rings. The number of sulfone groups is 1. The van der Waals surface area contributed by atoms with Gasteiger partial charge in [-0.05, 0) is 24.6 Å². The molecular weight excluding hydrogens is 396 g/mol. The Morgan fingerprint density at radius 3 is 2.88 bits per heavy atom. The fourth-order valence-corrected chi connectivity index (χ4v) is 4.98. The Morgan fingerprint density at radius 2 is 2.15 bits per heavy atom. The number of amides is 2. The Bertz CT molecular complexity index is 956. The SMILES string of the molecule is CCc1nnc(NC(=O)CCS(=O)(=O)c2ccc3c(c2)NC(=O)CS3)s1. The number of fused-ring (bicyclic) bond motifs is 1. The Labute approximate surface area is 158 Å². The zero-order valence-electron chi connectivity index (χ0n) is 13.8. The molecule has 0 radical (unpaired) electrons. The van der Waals surface area contributed by atoms with Gasteiger partial charge in [-0.25, -0.2) is 8.42 Å². The highest BCUT2D eigenvalue weighted by Gasteiger charge is 2.21. The first-order chi connectivity index (χ1) is 12.4. The molecule has 0 unspecified atom stereocenters. The van der Waals surface area contributed by atoms with Gasteiger partial charge in [-0.3, -0.25) is 9.59 Å². The first-order valence-electron chi connectivity index (χ1n) is 7.79. The van der Waals surface area contributed by atoms with Crippen molar-refractivity contribution in [1.29, 1.82) is 0 Å². The fourth-order valence-electron chi connectivity index (χ4n) is 2.23. The van der Waals surface area contributed by atoms with Gasteiger partial charge >= 0.3 is 0 Å². The third kappa shape index (κ3) is 4.40. The van der Waals surface area contributed by atoms with Crippen molar-refractivity contribution >= 4 is 55.6 Å². The van der Waals surface area contributed by atoms with E-state index in [2.05, 4.69) is 20.8 Å². The molecule has 0 aliphatic carbocycles. The molecular formula is C15H16N4O4S3. The average Bonchev–Trinajstić information content (AvgIpc) is 3.07. The number of hydrogen-bond acceptors (Lipinski definition) is 8. The van der Waals surface area contributed by atoms with Gasteiger partial charge in [0.05, 0.1) is 22.1 Å². The molecule has 2 aromatic rings. The largest absolute Gasteiger partial charge is 0.324 e. The zero-order chi connectivity index (χ0) is 18.7. The number of nitrogens with one attached hydrogen (secondary N) is 2. The number of rotatable bonds is 6. The van der Waals surface area contributed by atoms with Gasteiger partial charge in [-0.2, -0.15) is 0 Å². The molecule has 0 bridgehead atoms. The minimum Gasteiger partial charge on any atom is -0.324 e. The minimum atomic E-state index is -3.65. The summed E-state index contributed by atoms with van der Waals surface area (Å²) in [5.74, 6) is -0.628. The van der Waals surface area contributed by atoms with E-state index in [1.54, 1.807) is 6.07 Å². The third-order valence-corrected chi connectivity index (χ3v) is 7.33. The van der Waals surface area contributed by atoms with Gasteiger partial charge in [0.15, 0.2) is 9.84 Å². The van der Waals surface area contributed by atoms with Crippen LogP contribution >= 0.6 is 23.1 Å².